The van der Waals surface area contributed by atoms with Gasteiger partial charge in [0.15, 0.2) is 0 Å². The zero-order valence-electron chi connectivity index (χ0n) is 9.32. The van der Waals surface area contributed by atoms with E-state index in [1.54, 1.807) is 5.38 Å². The topological polar surface area (TPSA) is 55.2 Å². The maximum Gasteiger partial charge on any atom is 0.324 e. The van der Waals surface area contributed by atoms with Crippen molar-refractivity contribution >= 4 is 49.6 Å². The second-order valence-electron chi connectivity index (χ2n) is 3.65. The van der Waals surface area contributed by atoms with Gasteiger partial charge in [0.25, 0.3) is 0 Å². The van der Waals surface area contributed by atoms with E-state index in [2.05, 4.69) is 21.2 Å². The minimum atomic E-state index is -0.436. The Morgan fingerprint density at radius 3 is 2.79 bits per heavy atom. The predicted molar refractivity (Wildman–Crippen MR) is 77.4 cm³/mol. The molecule has 4 nitrogen and oxygen atoms in total. The van der Waals surface area contributed by atoms with Crippen molar-refractivity contribution in [3.05, 3.63) is 54.6 Å². The van der Waals surface area contributed by atoms with Crippen LogP contribution in [0.3, 0.4) is 0 Å². The average Bonchev–Trinajstić information content (AvgIpc) is 2.76. The molecule has 0 radical (unpaired) electrons. The third kappa shape index (κ3) is 3.43. The van der Waals surface area contributed by atoms with Crippen molar-refractivity contribution in [2.75, 3.05) is 5.32 Å². The summed E-state index contributed by atoms with van der Waals surface area (Å²) in [5, 5.41) is 15.6. The van der Waals surface area contributed by atoms with Crippen molar-refractivity contribution < 1.29 is 9.31 Å². The van der Waals surface area contributed by atoms with Crippen molar-refractivity contribution in [1.29, 1.82) is 0 Å². The highest BCUT2D eigenvalue weighted by molar-refractivity contribution is 9.10. The lowest BCUT2D eigenvalue weighted by atomic mass is 10.3. The van der Waals surface area contributed by atoms with Gasteiger partial charge >= 0.3 is 5.00 Å². The van der Waals surface area contributed by atoms with Crippen LogP contribution in [0.2, 0.25) is 5.02 Å². The number of nitrogens with one attached hydrogen (secondary N) is 1. The van der Waals surface area contributed by atoms with Gasteiger partial charge in [-0.2, -0.15) is 0 Å². The van der Waals surface area contributed by atoms with Gasteiger partial charge in [-0.25, -0.2) is 4.39 Å². The van der Waals surface area contributed by atoms with Crippen LogP contribution in [-0.4, -0.2) is 4.92 Å². The number of rotatable bonds is 4. The predicted octanol–water partition coefficient (Wildman–Crippen LogP) is 4.82. The summed E-state index contributed by atoms with van der Waals surface area (Å²) in [7, 11) is 0. The Hall–Kier alpha value is -1.18. The van der Waals surface area contributed by atoms with Gasteiger partial charge in [0.1, 0.15) is 5.82 Å². The summed E-state index contributed by atoms with van der Waals surface area (Å²) >= 11 is 10.2. The molecule has 1 aromatic carbocycles. The molecule has 8 heteroatoms. The molecule has 0 aliphatic carbocycles. The average molecular weight is 366 g/mol. The molecule has 0 fully saturated rings. The number of hydrogen-bond donors (Lipinski definition) is 1. The minimum absolute atomic E-state index is 0.0843. The van der Waals surface area contributed by atoms with Crippen molar-refractivity contribution in [2.45, 2.75) is 6.54 Å². The maximum atomic E-state index is 13.0. The van der Waals surface area contributed by atoms with Crippen molar-refractivity contribution in [1.82, 2.24) is 0 Å². The van der Waals surface area contributed by atoms with Crippen LogP contribution in [0.4, 0.5) is 15.1 Å². The lowest BCUT2D eigenvalue weighted by molar-refractivity contribution is -0.380. The number of nitrogens with zero attached hydrogens (tertiary/aromatic N) is 1. The Balaban J connectivity index is 2.12. The van der Waals surface area contributed by atoms with Gasteiger partial charge in [0.05, 0.1) is 15.6 Å². The molecule has 0 aliphatic heterocycles. The van der Waals surface area contributed by atoms with Crippen LogP contribution >= 0.6 is 38.9 Å². The Bertz CT molecular complexity index is 612. The Morgan fingerprint density at radius 1 is 1.47 bits per heavy atom. The third-order valence-corrected chi connectivity index (χ3v) is 4.15. The first-order valence-electron chi connectivity index (χ1n) is 5.07. The molecule has 100 valence electrons. The minimum Gasteiger partial charge on any atom is -0.379 e. The zero-order valence-corrected chi connectivity index (χ0v) is 12.5. The summed E-state index contributed by atoms with van der Waals surface area (Å²) in [5.41, 5.74) is 1.32. The number of benzene rings is 1. The lowest BCUT2D eigenvalue weighted by Crippen LogP contribution is -2.00. The van der Waals surface area contributed by atoms with E-state index in [-0.39, 0.29) is 10.0 Å². The van der Waals surface area contributed by atoms with E-state index in [1.165, 1.54) is 18.2 Å². The largest absolute Gasteiger partial charge is 0.379 e. The molecule has 0 bridgehead atoms. The maximum absolute atomic E-state index is 13.0. The number of hydrogen-bond acceptors (Lipinski definition) is 4. The molecule has 0 saturated heterocycles. The first-order chi connectivity index (χ1) is 8.97. The molecule has 0 atom stereocenters. The first kappa shape index (κ1) is 14.2. The summed E-state index contributed by atoms with van der Waals surface area (Å²) in [6.07, 6.45) is 0. The molecule has 2 aromatic rings. The normalized spacial score (nSPS) is 10.5. The Kier molecular flexibility index (Phi) is 4.38. The number of nitro groups is 1. The van der Waals surface area contributed by atoms with E-state index in [0.717, 1.165) is 16.9 Å². The molecule has 0 spiro atoms. The highest BCUT2D eigenvalue weighted by atomic mass is 79.9. The van der Waals surface area contributed by atoms with Crippen LogP contribution in [0, 0.1) is 15.9 Å². The first-order valence-corrected chi connectivity index (χ1v) is 7.12. The highest BCUT2D eigenvalue weighted by Crippen LogP contribution is 2.32. The molecule has 0 unspecified atom stereocenters. The van der Waals surface area contributed by atoms with Crippen molar-refractivity contribution in [3.8, 4) is 0 Å². The van der Waals surface area contributed by atoms with Gasteiger partial charge in [-0.15, -0.1) is 0 Å². The number of thiophene rings is 1. The summed E-state index contributed by atoms with van der Waals surface area (Å²) in [6, 6.07) is 3.98. The van der Waals surface area contributed by atoms with Gasteiger partial charge < -0.3 is 5.32 Å². The van der Waals surface area contributed by atoms with Crippen molar-refractivity contribution in [3.63, 3.8) is 0 Å². The third-order valence-electron chi connectivity index (χ3n) is 2.30. The summed E-state index contributed by atoms with van der Waals surface area (Å²) in [6.45, 7) is 0.369. The Morgan fingerprint density at radius 2 is 2.21 bits per heavy atom. The van der Waals surface area contributed by atoms with Gasteiger partial charge in [-0.1, -0.05) is 22.9 Å². The van der Waals surface area contributed by atoms with Crippen LogP contribution in [0.5, 0.6) is 0 Å². The van der Waals surface area contributed by atoms with Gasteiger partial charge in [0, 0.05) is 22.5 Å². The fraction of sp³-hybridized carbons (Fsp3) is 0.0909. The molecule has 2 rings (SSSR count). The quantitative estimate of drug-likeness (QED) is 0.624. The second kappa shape index (κ2) is 5.85. The molecule has 0 amide bonds. The van der Waals surface area contributed by atoms with Crippen LogP contribution < -0.4 is 5.32 Å². The molecular formula is C11H7BrClFN2O2S. The van der Waals surface area contributed by atoms with Crippen LogP contribution in [0.1, 0.15) is 5.56 Å². The van der Waals surface area contributed by atoms with E-state index in [1.807, 2.05) is 0 Å². The molecule has 0 aliphatic rings. The Labute approximate surface area is 125 Å². The molecule has 1 aromatic heterocycles. The zero-order chi connectivity index (χ0) is 14.0. The van der Waals surface area contributed by atoms with Crippen LogP contribution in [0.15, 0.2) is 28.1 Å². The molecular weight excluding hydrogens is 359 g/mol. The van der Waals surface area contributed by atoms with E-state index < -0.39 is 10.7 Å². The lowest BCUT2D eigenvalue weighted by Gasteiger charge is -2.09. The SMILES string of the molecule is O=[N+]([O-])c1cc(CNc2c(Cl)cc(F)cc2Br)cs1. The molecule has 0 saturated carbocycles. The number of anilines is 1. The van der Waals surface area contributed by atoms with E-state index in [0.29, 0.717) is 16.7 Å². The fourth-order valence-electron chi connectivity index (χ4n) is 1.45. The van der Waals surface area contributed by atoms with E-state index in [9.17, 15) is 14.5 Å². The van der Waals surface area contributed by atoms with Crippen molar-refractivity contribution in [2.24, 2.45) is 0 Å². The highest BCUT2D eigenvalue weighted by Gasteiger charge is 2.11. The summed E-state index contributed by atoms with van der Waals surface area (Å²) < 4.78 is 13.6. The van der Waals surface area contributed by atoms with Gasteiger partial charge in [0.2, 0.25) is 0 Å². The van der Waals surface area contributed by atoms with E-state index in [4.69, 9.17) is 11.6 Å². The fourth-order valence-corrected chi connectivity index (χ4v) is 3.14. The van der Waals surface area contributed by atoms with Crippen LogP contribution in [0.25, 0.3) is 0 Å². The molecule has 1 N–H and O–H groups in total. The van der Waals surface area contributed by atoms with E-state index >= 15 is 0 Å². The smallest absolute Gasteiger partial charge is 0.324 e. The van der Waals surface area contributed by atoms with Gasteiger partial charge in [-0.05, 0) is 33.6 Å². The number of halogens is 3. The molecule has 1 heterocycles. The van der Waals surface area contributed by atoms with Crippen LogP contribution in [-0.2, 0) is 6.54 Å². The summed E-state index contributed by atoms with van der Waals surface area (Å²) in [5.74, 6) is -0.436. The standard InChI is InChI=1S/C11H7BrClFN2O2S/c12-8-2-7(14)3-9(13)11(8)15-4-6-1-10(16(17)18)19-5-6/h1-3,5,15H,4H2. The monoisotopic (exact) mass is 364 g/mol. The molecule has 19 heavy (non-hydrogen) atoms. The second-order valence-corrected chi connectivity index (χ2v) is 5.80. The van der Waals surface area contributed by atoms with Gasteiger partial charge in [-0.3, -0.25) is 10.1 Å². The summed E-state index contributed by atoms with van der Waals surface area (Å²) in [4.78, 5) is 10.1.